The van der Waals surface area contributed by atoms with Crippen molar-refractivity contribution in [2.24, 2.45) is 35.0 Å². The fourth-order valence-electron chi connectivity index (χ4n) is 15.6. The number of piperidine rings is 5. The number of carbonyl (C=O) groups excluding carboxylic acids is 7. The van der Waals surface area contributed by atoms with E-state index in [9.17, 15) is 42.3 Å². The Kier molecular flexibility index (Phi) is 18.0. The van der Waals surface area contributed by atoms with Crippen molar-refractivity contribution in [3.05, 3.63) is 77.4 Å². The predicted molar refractivity (Wildman–Crippen MR) is 336 cm³/mol. The molecule has 2 atom stereocenters. The van der Waals surface area contributed by atoms with Gasteiger partial charge in [0.15, 0.2) is 5.69 Å². The van der Waals surface area contributed by atoms with Gasteiger partial charge in [0.05, 0.1) is 61.0 Å². The van der Waals surface area contributed by atoms with Gasteiger partial charge in [-0.3, -0.25) is 57.6 Å². The number of nitrogens with zero attached hydrogens (tertiary/aromatic N) is 12. The Morgan fingerprint density at radius 3 is 2.05 bits per heavy atom. The summed E-state index contributed by atoms with van der Waals surface area (Å²) in [5, 5.41) is 30.0. The lowest BCUT2D eigenvalue weighted by molar-refractivity contribution is -0.144. The van der Waals surface area contributed by atoms with Crippen molar-refractivity contribution in [2.75, 3.05) is 104 Å². The maximum atomic E-state index is 16.0. The van der Waals surface area contributed by atoms with Crippen molar-refractivity contribution in [1.82, 2.24) is 74.7 Å². The number of methoxy groups -OCH3 is 1. The van der Waals surface area contributed by atoms with Crippen LogP contribution in [0.5, 0.6) is 0 Å². The highest BCUT2D eigenvalue weighted by molar-refractivity contribution is 6.04. The molecule has 5 saturated heterocycles. The highest BCUT2D eigenvalue weighted by Gasteiger charge is 2.78. The number of hydrogen-bond donors (Lipinski definition) is 4. The Morgan fingerprint density at radius 1 is 0.699 bits per heavy atom. The number of aryl methyl sites for hydroxylation is 1. The van der Waals surface area contributed by atoms with Crippen LogP contribution in [-0.2, 0) is 59.4 Å². The molecule has 93 heavy (non-hydrogen) atoms. The molecule has 6 amide bonds. The van der Waals surface area contributed by atoms with E-state index in [2.05, 4.69) is 50.9 Å². The van der Waals surface area contributed by atoms with E-state index in [1.165, 1.54) is 17.9 Å². The van der Waals surface area contributed by atoms with Gasteiger partial charge in [-0.2, -0.15) is 20.4 Å². The number of likely N-dealkylation sites (tertiary alicyclic amines) is 5. The normalized spacial score (nSPS) is 22.0. The van der Waals surface area contributed by atoms with Crippen LogP contribution >= 0.6 is 0 Å². The van der Waals surface area contributed by atoms with Crippen molar-refractivity contribution in [1.29, 1.82) is 0 Å². The fraction of sp³-hybridized carbons (Fsp3) is 0.591. The standard InChI is InChI=1S/C66H83F3N16O8/c1-40-60-48(5-4-6-53(60)85(77-40)38-57(87)70-33-56(86)71-34-59(89)93-3)49-28-54-45(27-51(49)67)31-72-84(54)36-42-7-17-79(18-8-42)39-58(88)80-21-9-41(10-22-80)35-78-19-11-43(12-20-78)63(91)81-23-13-44(14-24-81)64(92)82-25-15-47(16-26-82)83-37-46(32-73-83)74-62(90)61-50-29-55-65(2,66(55,68)69)30-52(50)75-76-61/h4-6,27-28,31-32,37,41-44,47,55H,7-26,29-30,33-36,38-39H2,1-3H3,(H,70,87)(H,71,86)(H,74,90)(H,75,76). The van der Waals surface area contributed by atoms with Crippen LogP contribution in [0.1, 0.15) is 105 Å². The number of anilines is 1. The summed E-state index contributed by atoms with van der Waals surface area (Å²) in [6, 6.07) is 8.84. The summed E-state index contributed by atoms with van der Waals surface area (Å²) < 4.78 is 54.8. The number of carbonyl (C=O) groups is 7. The quantitative estimate of drug-likeness (QED) is 0.0806. The number of aromatic amines is 1. The number of nitrogens with one attached hydrogen (secondary N) is 4. The van der Waals surface area contributed by atoms with Crippen LogP contribution in [0.15, 0.2) is 48.9 Å². The second-order valence-corrected chi connectivity index (χ2v) is 27.2. The van der Waals surface area contributed by atoms with Crippen molar-refractivity contribution in [3.8, 4) is 11.1 Å². The Bertz CT molecular complexity index is 3820. The highest BCUT2D eigenvalue weighted by Crippen LogP contribution is 2.70. The molecule has 9 heterocycles. The van der Waals surface area contributed by atoms with E-state index >= 15 is 4.39 Å². The average Bonchev–Trinajstić information content (AvgIpc) is 1.51. The third-order valence-electron chi connectivity index (χ3n) is 21.5. The van der Waals surface area contributed by atoms with E-state index in [0.29, 0.717) is 127 Å². The van der Waals surface area contributed by atoms with Gasteiger partial charge < -0.3 is 40.3 Å². The molecule has 24 nitrogen and oxygen atoms in total. The van der Waals surface area contributed by atoms with Gasteiger partial charge in [-0.1, -0.05) is 19.1 Å². The van der Waals surface area contributed by atoms with Crippen LogP contribution in [0.3, 0.4) is 0 Å². The predicted octanol–water partition coefficient (Wildman–Crippen LogP) is 5.21. The first-order chi connectivity index (χ1) is 44.8. The lowest BCUT2D eigenvalue weighted by atomic mass is 9.87. The van der Waals surface area contributed by atoms with Gasteiger partial charge in [-0.25, -0.2) is 13.2 Å². The van der Waals surface area contributed by atoms with Gasteiger partial charge in [-0.05, 0) is 139 Å². The molecule has 4 aromatic heterocycles. The topological polar surface area (TPSA) is 263 Å². The number of hydrogen-bond acceptors (Lipinski definition) is 14. The largest absolute Gasteiger partial charge is 0.468 e. The summed E-state index contributed by atoms with van der Waals surface area (Å²) in [5.41, 5.74) is 3.78. The molecule has 27 heteroatoms. The average molecular weight is 1290 g/mol. The van der Waals surface area contributed by atoms with E-state index in [1.54, 1.807) is 38.5 Å². The van der Waals surface area contributed by atoms with E-state index < -0.39 is 46.8 Å². The van der Waals surface area contributed by atoms with Crippen LogP contribution in [0, 0.1) is 47.7 Å². The van der Waals surface area contributed by atoms with Gasteiger partial charge in [-0.15, -0.1) is 0 Å². The molecular weight excluding hydrogens is 1200 g/mol. The molecule has 0 radical (unpaired) electrons. The Hall–Kier alpha value is -8.20. The molecule has 0 spiro atoms. The van der Waals surface area contributed by atoms with Gasteiger partial charge >= 0.3 is 5.97 Å². The van der Waals surface area contributed by atoms with E-state index in [-0.39, 0.29) is 73.8 Å². The first kappa shape index (κ1) is 63.6. The molecule has 2 aromatic carbocycles. The minimum Gasteiger partial charge on any atom is -0.468 e. The van der Waals surface area contributed by atoms with E-state index in [0.717, 1.165) is 89.9 Å². The molecular formula is C66H83F3N16O8. The van der Waals surface area contributed by atoms with Crippen molar-refractivity contribution >= 4 is 68.9 Å². The lowest BCUT2D eigenvalue weighted by Gasteiger charge is -2.40. The number of fused-ring (bicyclic) bond motifs is 4. The van der Waals surface area contributed by atoms with E-state index in [1.807, 2.05) is 42.3 Å². The van der Waals surface area contributed by atoms with Crippen LogP contribution in [0.25, 0.3) is 32.9 Å². The number of halogens is 3. The third kappa shape index (κ3) is 13.1. The van der Waals surface area contributed by atoms with Crippen molar-refractivity contribution in [3.63, 3.8) is 0 Å². The molecule has 5 aliphatic heterocycles. The molecule has 6 fully saturated rings. The number of alkyl halides is 2. The van der Waals surface area contributed by atoms with Crippen LogP contribution in [-0.4, -0.2) is 210 Å². The number of aromatic nitrogens is 8. The number of rotatable bonds is 18. The van der Waals surface area contributed by atoms with Crippen LogP contribution in [0.2, 0.25) is 0 Å². The summed E-state index contributed by atoms with van der Waals surface area (Å²) >= 11 is 0. The molecule has 6 aromatic rings. The Balaban J connectivity index is 0.498. The Morgan fingerprint density at radius 2 is 1.34 bits per heavy atom. The molecule has 13 rings (SSSR count). The summed E-state index contributed by atoms with van der Waals surface area (Å²) in [4.78, 5) is 102. The lowest BCUT2D eigenvalue weighted by Crippen LogP contribution is -2.49. The van der Waals surface area contributed by atoms with E-state index in [4.69, 9.17) is 5.10 Å². The zero-order chi connectivity index (χ0) is 64.9. The second kappa shape index (κ2) is 26.3. The summed E-state index contributed by atoms with van der Waals surface area (Å²) in [5.74, 6) is -4.78. The maximum Gasteiger partial charge on any atom is 0.325 e. The third-order valence-corrected chi connectivity index (χ3v) is 21.5. The number of amides is 6. The number of esters is 1. The summed E-state index contributed by atoms with van der Waals surface area (Å²) in [6.07, 6.45) is 13.4. The molecule has 2 unspecified atom stereocenters. The molecule has 4 N–H and O–H groups in total. The SMILES string of the molecule is COC(=O)CNC(=O)CNC(=O)Cn1nc(C)c2c(-c3cc4c(cnn4CC4CCN(CC(=O)N5CCC(CN6CCC(C(=O)N7CCC(C(=O)N8CCC(n9cc(NC(=O)c%10n[nH]c%11c%10CC%10C(F)(F)C%10(C)C%11)cn9)CC8)CC7)CC6)CC5)CC4)cc3F)cccc21. The van der Waals surface area contributed by atoms with Gasteiger partial charge in [0.1, 0.15) is 18.9 Å². The van der Waals surface area contributed by atoms with Crippen LogP contribution in [0.4, 0.5) is 18.9 Å². The highest BCUT2D eigenvalue weighted by atomic mass is 19.3. The first-order valence-electron chi connectivity index (χ1n) is 33.1. The Labute approximate surface area is 536 Å². The molecule has 1 saturated carbocycles. The molecule has 496 valence electrons. The molecule has 7 aliphatic rings. The van der Waals surface area contributed by atoms with Crippen LogP contribution < -0.4 is 16.0 Å². The molecule has 0 bridgehead atoms. The zero-order valence-electron chi connectivity index (χ0n) is 53.1. The van der Waals surface area contributed by atoms with Gasteiger partial charge in [0.2, 0.25) is 29.5 Å². The van der Waals surface area contributed by atoms with Crippen molar-refractivity contribution in [2.45, 2.75) is 116 Å². The van der Waals surface area contributed by atoms with Gasteiger partial charge in [0.25, 0.3) is 11.8 Å². The second-order valence-electron chi connectivity index (χ2n) is 27.2. The number of benzene rings is 2. The minimum absolute atomic E-state index is 0.00950. The summed E-state index contributed by atoms with van der Waals surface area (Å²) in [6.45, 7) is 11.8. The summed E-state index contributed by atoms with van der Waals surface area (Å²) in [7, 11) is 1.21. The first-order valence-corrected chi connectivity index (χ1v) is 33.1. The fourth-order valence-corrected chi connectivity index (χ4v) is 15.6. The zero-order valence-corrected chi connectivity index (χ0v) is 53.1. The van der Waals surface area contributed by atoms with Gasteiger partial charge in [0, 0.05) is 116 Å². The molecule has 2 aliphatic carbocycles. The smallest absolute Gasteiger partial charge is 0.325 e. The van der Waals surface area contributed by atoms with Crippen molar-refractivity contribution < 1.29 is 51.5 Å². The monoisotopic (exact) mass is 1280 g/mol. The number of ether oxygens (including phenoxy) is 1. The number of H-pyrrole nitrogens is 1. The maximum absolute atomic E-state index is 16.0. The minimum atomic E-state index is -2.75.